The minimum atomic E-state index is -4.29. The van der Waals surface area contributed by atoms with Crippen LogP contribution >= 0.6 is 0 Å². The SMILES string of the molecule is COc1cc(/C=C/C(=O)O)cc(S(=O)(=O)Nc2ccccc2C(=O)NCc2ccccc2)c1OC. The van der Waals surface area contributed by atoms with Gasteiger partial charge in [0.1, 0.15) is 4.90 Å². The number of nitrogens with one attached hydrogen (secondary N) is 2. The van der Waals surface area contributed by atoms with E-state index < -0.39 is 21.9 Å². The monoisotopic (exact) mass is 496 g/mol. The third-order valence-electron chi connectivity index (χ3n) is 4.89. The average molecular weight is 497 g/mol. The second-order valence-corrected chi connectivity index (χ2v) is 8.90. The molecule has 0 saturated heterocycles. The summed E-state index contributed by atoms with van der Waals surface area (Å²) in [6.07, 6.45) is 2.10. The molecule has 3 aromatic rings. The fraction of sp³-hybridized carbons (Fsp3) is 0.120. The van der Waals surface area contributed by atoms with E-state index in [0.29, 0.717) is 0 Å². The maximum absolute atomic E-state index is 13.4. The first-order valence-corrected chi connectivity index (χ1v) is 11.8. The minimum Gasteiger partial charge on any atom is -0.493 e. The van der Waals surface area contributed by atoms with Gasteiger partial charge in [0.15, 0.2) is 11.5 Å². The van der Waals surface area contributed by atoms with Crippen molar-refractivity contribution in [2.24, 2.45) is 0 Å². The van der Waals surface area contributed by atoms with Gasteiger partial charge < -0.3 is 19.9 Å². The number of sulfonamides is 1. The Kier molecular flexibility index (Phi) is 8.11. The maximum Gasteiger partial charge on any atom is 0.328 e. The van der Waals surface area contributed by atoms with Gasteiger partial charge in [-0.05, 0) is 41.5 Å². The lowest BCUT2D eigenvalue weighted by molar-refractivity contribution is -0.131. The van der Waals surface area contributed by atoms with Crippen molar-refractivity contribution < 1.29 is 32.6 Å². The van der Waals surface area contributed by atoms with E-state index in [1.807, 2.05) is 30.3 Å². The molecule has 0 unspecified atom stereocenters. The van der Waals surface area contributed by atoms with Crippen LogP contribution in [-0.4, -0.2) is 39.6 Å². The van der Waals surface area contributed by atoms with Gasteiger partial charge in [0.05, 0.1) is 25.5 Å². The number of carbonyl (C=O) groups excluding carboxylic acids is 1. The molecule has 0 heterocycles. The zero-order valence-corrected chi connectivity index (χ0v) is 19.8. The lowest BCUT2D eigenvalue weighted by Crippen LogP contribution is -2.25. The summed E-state index contributed by atoms with van der Waals surface area (Å²) in [6.45, 7) is 0.268. The maximum atomic E-state index is 13.4. The van der Waals surface area contributed by atoms with Crippen molar-refractivity contribution in [2.75, 3.05) is 18.9 Å². The second-order valence-electron chi connectivity index (χ2n) is 7.25. The summed E-state index contributed by atoms with van der Waals surface area (Å²) in [5.41, 5.74) is 1.34. The Bertz CT molecular complexity index is 1350. The molecule has 1 amide bonds. The highest BCUT2D eigenvalue weighted by Crippen LogP contribution is 2.37. The lowest BCUT2D eigenvalue weighted by Gasteiger charge is -2.17. The third kappa shape index (κ3) is 6.39. The van der Waals surface area contributed by atoms with Crippen LogP contribution in [0.5, 0.6) is 11.5 Å². The van der Waals surface area contributed by atoms with Crippen LogP contribution in [0.2, 0.25) is 0 Å². The quantitative estimate of drug-likeness (QED) is 0.366. The second kappa shape index (κ2) is 11.2. The Hall–Kier alpha value is -4.31. The Labute approximate surface area is 203 Å². The van der Waals surface area contributed by atoms with Crippen LogP contribution in [0.1, 0.15) is 21.5 Å². The van der Waals surface area contributed by atoms with Crippen LogP contribution in [0.25, 0.3) is 6.08 Å². The number of benzene rings is 3. The molecule has 35 heavy (non-hydrogen) atoms. The molecule has 10 heteroatoms. The van der Waals surface area contributed by atoms with Crippen molar-refractivity contribution in [1.82, 2.24) is 5.32 Å². The van der Waals surface area contributed by atoms with Gasteiger partial charge in [-0.1, -0.05) is 42.5 Å². The van der Waals surface area contributed by atoms with Crippen molar-refractivity contribution >= 4 is 33.7 Å². The fourth-order valence-electron chi connectivity index (χ4n) is 3.26. The molecule has 0 aliphatic heterocycles. The molecule has 3 rings (SSSR count). The van der Waals surface area contributed by atoms with Crippen molar-refractivity contribution in [3.8, 4) is 11.5 Å². The first kappa shape index (κ1) is 25.3. The highest BCUT2D eigenvalue weighted by Gasteiger charge is 2.25. The molecule has 0 radical (unpaired) electrons. The van der Waals surface area contributed by atoms with Crippen LogP contribution in [0, 0.1) is 0 Å². The van der Waals surface area contributed by atoms with E-state index in [1.54, 1.807) is 12.1 Å². The standard InChI is InChI=1S/C25H24N2O7S/c1-33-21-14-18(12-13-23(28)29)15-22(24(21)34-2)35(31,32)27-20-11-7-6-10-19(20)25(30)26-16-17-8-4-3-5-9-17/h3-15,27H,16H2,1-2H3,(H,26,30)(H,28,29)/b13-12+. The van der Waals surface area contributed by atoms with E-state index in [4.69, 9.17) is 14.6 Å². The highest BCUT2D eigenvalue weighted by atomic mass is 32.2. The predicted molar refractivity (Wildman–Crippen MR) is 131 cm³/mol. The predicted octanol–water partition coefficient (Wildman–Crippen LogP) is 3.53. The molecule has 3 N–H and O–H groups in total. The molecule has 0 spiro atoms. The lowest BCUT2D eigenvalue weighted by atomic mass is 10.1. The van der Waals surface area contributed by atoms with Crippen LogP contribution < -0.4 is 19.5 Å². The average Bonchev–Trinajstić information content (AvgIpc) is 2.86. The van der Waals surface area contributed by atoms with Gasteiger partial charge in [-0.2, -0.15) is 0 Å². The Balaban J connectivity index is 1.95. The molecule has 9 nitrogen and oxygen atoms in total. The minimum absolute atomic E-state index is 0.0607. The summed E-state index contributed by atoms with van der Waals surface area (Å²) >= 11 is 0. The van der Waals surface area contributed by atoms with Crippen molar-refractivity contribution in [3.63, 3.8) is 0 Å². The number of hydrogen-bond acceptors (Lipinski definition) is 6. The summed E-state index contributed by atoms with van der Waals surface area (Å²) in [5, 5.41) is 11.7. The van der Waals surface area contributed by atoms with Gasteiger partial charge in [-0.3, -0.25) is 9.52 Å². The summed E-state index contributed by atoms with van der Waals surface area (Å²) in [5.74, 6) is -1.64. The number of methoxy groups -OCH3 is 2. The van der Waals surface area contributed by atoms with Crippen LogP contribution in [0.4, 0.5) is 5.69 Å². The largest absolute Gasteiger partial charge is 0.493 e. The van der Waals surface area contributed by atoms with Gasteiger partial charge in [-0.15, -0.1) is 0 Å². The van der Waals surface area contributed by atoms with Crippen LogP contribution in [0.15, 0.2) is 77.7 Å². The molecular formula is C25H24N2O7S. The van der Waals surface area contributed by atoms with E-state index in [0.717, 1.165) is 11.6 Å². The number of hydrogen-bond donors (Lipinski definition) is 3. The Morgan fingerprint density at radius 1 is 0.971 bits per heavy atom. The normalized spacial score (nSPS) is 11.1. The van der Waals surface area contributed by atoms with Crippen LogP contribution in [-0.2, 0) is 21.4 Å². The molecule has 0 aromatic heterocycles. The number of rotatable bonds is 10. The van der Waals surface area contributed by atoms with Gasteiger partial charge in [0.2, 0.25) is 0 Å². The van der Waals surface area contributed by atoms with E-state index >= 15 is 0 Å². The van der Waals surface area contributed by atoms with Crippen molar-refractivity contribution in [1.29, 1.82) is 0 Å². The van der Waals surface area contributed by atoms with E-state index in [-0.39, 0.29) is 39.8 Å². The topological polar surface area (TPSA) is 131 Å². The van der Waals surface area contributed by atoms with Crippen molar-refractivity contribution in [2.45, 2.75) is 11.4 Å². The summed E-state index contributed by atoms with van der Waals surface area (Å²) in [7, 11) is -1.67. The molecule has 0 saturated carbocycles. The number of amides is 1. The molecular weight excluding hydrogens is 472 g/mol. The Morgan fingerprint density at radius 2 is 1.66 bits per heavy atom. The summed E-state index contributed by atoms with van der Waals surface area (Å²) in [4.78, 5) is 23.5. The number of carboxylic acids is 1. The molecule has 182 valence electrons. The molecule has 0 aliphatic carbocycles. The van der Waals surface area contributed by atoms with Gasteiger partial charge in [0.25, 0.3) is 15.9 Å². The van der Waals surface area contributed by atoms with Gasteiger partial charge in [0, 0.05) is 12.6 Å². The number of carboxylic acid groups (broad SMARTS) is 1. The number of para-hydroxylation sites is 1. The first-order valence-electron chi connectivity index (χ1n) is 10.4. The number of ether oxygens (including phenoxy) is 2. The zero-order valence-electron chi connectivity index (χ0n) is 19.0. The molecule has 0 aliphatic rings. The van der Waals surface area contributed by atoms with Crippen molar-refractivity contribution in [3.05, 3.63) is 89.5 Å². The molecule has 3 aromatic carbocycles. The first-order chi connectivity index (χ1) is 16.7. The number of anilines is 1. The smallest absolute Gasteiger partial charge is 0.328 e. The number of carbonyl (C=O) groups is 2. The molecule has 0 bridgehead atoms. The van der Waals surface area contributed by atoms with E-state index in [9.17, 15) is 18.0 Å². The fourth-order valence-corrected chi connectivity index (χ4v) is 4.55. The van der Waals surface area contributed by atoms with E-state index in [1.165, 1.54) is 44.6 Å². The molecule has 0 fully saturated rings. The number of aliphatic carboxylic acids is 1. The zero-order chi connectivity index (χ0) is 25.4. The van der Waals surface area contributed by atoms with Gasteiger partial charge >= 0.3 is 5.97 Å². The third-order valence-corrected chi connectivity index (χ3v) is 6.26. The summed E-state index contributed by atoms with van der Waals surface area (Å²) in [6, 6.07) is 18.2. The Morgan fingerprint density at radius 3 is 2.31 bits per heavy atom. The summed E-state index contributed by atoms with van der Waals surface area (Å²) < 4.78 is 39.7. The van der Waals surface area contributed by atoms with E-state index in [2.05, 4.69) is 10.0 Å². The highest BCUT2D eigenvalue weighted by molar-refractivity contribution is 7.92. The van der Waals surface area contributed by atoms with Gasteiger partial charge in [-0.25, -0.2) is 13.2 Å². The van der Waals surface area contributed by atoms with Crippen LogP contribution in [0.3, 0.4) is 0 Å². The molecule has 0 atom stereocenters.